The van der Waals surface area contributed by atoms with Crippen LogP contribution >= 0.6 is 11.6 Å². The maximum absolute atomic E-state index is 7.38. The average molecular weight is 282 g/mol. The number of nitrogen functional groups attached to an aromatic ring is 1. The molecule has 19 heavy (non-hydrogen) atoms. The van der Waals surface area contributed by atoms with Crippen LogP contribution in [0.2, 0.25) is 5.02 Å². The number of amidine groups is 1. The summed E-state index contributed by atoms with van der Waals surface area (Å²) in [5.74, 6) is 0.826. The third kappa shape index (κ3) is 4.11. The van der Waals surface area contributed by atoms with E-state index in [1.54, 1.807) is 6.07 Å². The average Bonchev–Trinajstić information content (AvgIpc) is 3.18. The Balaban J connectivity index is 1.86. The van der Waals surface area contributed by atoms with Gasteiger partial charge in [-0.1, -0.05) is 11.6 Å². The van der Waals surface area contributed by atoms with E-state index < -0.39 is 0 Å². The zero-order chi connectivity index (χ0) is 13.8. The molecule has 2 rings (SSSR count). The van der Waals surface area contributed by atoms with Gasteiger partial charge in [-0.25, -0.2) is 0 Å². The minimum absolute atomic E-state index is 0.0314. The predicted molar refractivity (Wildman–Crippen MR) is 79.3 cm³/mol. The number of ether oxygens (including phenoxy) is 1. The summed E-state index contributed by atoms with van der Waals surface area (Å²) in [5.41, 5.74) is 7.01. The third-order valence-electron chi connectivity index (χ3n) is 3.29. The van der Waals surface area contributed by atoms with E-state index in [0.29, 0.717) is 17.2 Å². The highest BCUT2D eigenvalue weighted by atomic mass is 35.5. The van der Waals surface area contributed by atoms with Gasteiger partial charge in [0.05, 0.1) is 17.3 Å². The molecule has 0 atom stereocenters. The van der Waals surface area contributed by atoms with Gasteiger partial charge < -0.3 is 15.4 Å². The minimum Gasteiger partial charge on any atom is -0.384 e. The van der Waals surface area contributed by atoms with Crippen LogP contribution in [-0.4, -0.2) is 32.6 Å². The van der Waals surface area contributed by atoms with Gasteiger partial charge in [0, 0.05) is 25.8 Å². The Morgan fingerprint density at radius 2 is 2.26 bits per heavy atom. The Morgan fingerprint density at radius 1 is 1.53 bits per heavy atom. The second-order valence-electron chi connectivity index (χ2n) is 5.02. The minimum atomic E-state index is 0.0314. The molecule has 5 heteroatoms. The molecule has 0 amide bonds. The molecule has 0 saturated heterocycles. The van der Waals surface area contributed by atoms with E-state index in [2.05, 4.69) is 4.90 Å². The van der Waals surface area contributed by atoms with Crippen molar-refractivity contribution in [3.8, 4) is 0 Å². The summed E-state index contributed by atoms with van der Waals surface area (Å²) in [6.07, 6.45) is 2.63. The molecule has 0 bridgehead atoms. The smallest absolute Gasteiger partial charge is 0.122 e. The van der Waals surface area contributed by atoms with Crippen LogP contribution < -0.4 is 10.6 Å². The van der Waals surface area contributed by atoms with Gasteiger partial charge in [-0.15, -0.1) is 0 Å². The predicted octanol–water partition coefficient (Wildman–Crippen LogP) is 2.49. The maximum atomic E-state index is 7.38. The molecule has 0 radical (unpaired) electrons. The number of anilines is 1. The molecular formula is C14H20ClN3O. The second-order valence-corrected chi connectivity index (χ2v) is 5.43. The molecular weight excluding hydrogens is 262 g/mol. The van der Waals surface area contributed by atoms with Crippen molar-refractivity contribution in [1.29, 1.82) is 5.41 Å². The number of nitrogens with zero attached hydrogens (tertiary/aromatic N) is 1. The van der Waals surface area contributed by atoms with Gasteiger partial charge in [0.25, 0.3) is 0 Å². The number of hydrogen-bond acceptors (Lipinski definition) is 3. The summed E-state index contributed by atoms with van der Waals surface area (Å²) in [4.78, 5) is 2.05. The van der Waals surface area contributed by atoms with Crippen LogP contribution in [-0.2, 0) is 4.74 Å². The van der Waals surface area contributed by atoms with Crippen molar-refractivity contribution in [2.45, 2.75) is 12.8 Å². The van der Waals surface area contributed by atoms with Gasteiger partial charge in [0.2, 0.25) is 0 Å². The normalized spacial score (nSPS) is 14.4. The van der Waals surface area contributed by atoms with Gasteiger partial charge in [0.15, 0.2) is 0 Å². The quantitative estimate of drug-likeness (QED) is 0.458. The van der Waals surface area contributed by atoms with Crippen LogP contribution in [0.4, 0.5) is 5.69 Å². The number of nitrogens with two attached hydrogens (primary N) is 1. The molecule has 1 aromatic carbocycles. The number of benzene rings is 1. The van der Waals surface area contributed by atoms with Gasteiger partial charge >= 0.3 is 0 Å². The van der Waals surface area contributed by atoms with Crippen LogP contribution in [0, 0.1) is 11.3 Å². The Kier molecular flexibility index (Phi) is 4.66. The third-order valence-corrected chi connectivity index (χ3v) is 3.59. The summed E-state index contributed by atoms with van der Waals surface area (Å²) in [6.45, 7) is 2.38. The summed E-state index contributed by atoms with van der Waals surface area (Å²) >= 11 is 6.21. The van der Waals surface area contributed by atoms with E-state index in [9.17, 15) is 0 Å². The number of rotatable bonds is 7. The van der Waals surface area contributed by atoms with E-state index in [1.165, 1.54) is 12.8 Å². The maximum Gasteiger partial charge on any atom is 0.122 e. The fourth-order valence-corrected chi connectivity index (χ4v) is 2.17. The van der Waals surface area contributed by atoms with Crippen LogP contribution in [0.1, 0.15) is 18.4 Å². The molecule has 0 spiro atoms. The molecule has 3 N–H and O–H groups in total. The van der Waals surface area contributed by atoms with Crippen LogP contribution in [0.25, 0.3) is 0 Å². The first-order valence-corrected chi connectivity index (χ1v) is 6.88. The molecule has 0 aromatic heterocycles. The molecule has 0 aliphatic heterocycles. The molecule has 1 saturated carbocycles. The van der Waals surface area contributed by atoms with Gasteiger partial charge in [0.1, 0.15) is 5.84 Å². The highest BCUT2D eigenvalue weighted by Gasteiger charge is 2.21. The van der Waals surface area contributed by atoms with Gasteiger partial charge in [-0.2, -0.15) is 0 Å². The topological polar surface area (TPSA) is 62.3 Å². The Morgan fingerprint density at radius 3 is 2.84 bits per heavy atom. The Hall–Kier alpha value is -1.26. The van der Waals surface area contributed by atoms with Crippen molar-refractivity contribution in [1.82, 2.24) is 0 Å². The van der Waals surface area contributed by atoms with Crippen molar-refractivity contribution in [2.75, 3.05) is 31.7 Å². The lowest BCUT2D eigenvalue weighted by Gasteiger charge is -2.21. The first-order chi connectivity index (χ1) is 9.08. The van der Waals surface area contributed by atoms with Crippen LogP contribution in [0.15, 0.2) is 18.2 Å². The number of halogens is 1. The van der Waals surface area contributed by atoms with Crippen LogP contribution in [0.3, 0.4) is 0 Å². The molecule has 1 aliphatic carbocycles. The summed E-state index contributed by atoms with van der Waals surface area (Å²) in [6, 6.07) is 5.42. The summed E-state index contributed by atoms with van der Waals surface area (Å²) in [5, 5.41) is 7.99. The molecule has 1 aromatic rings. The molecule has 4 nitrogen and oxygen atoms in total. The largest absolute Gasteiger partial charge is 0.384 e. The zero-order valence-electron chi connectivity index (χ0n) is 11.2. The molecule has 0 heterocycles. The van der Waals surface area contributed by atoms with E-state index in [1.807, 2.05) is 19.2 Å². The zero-order valence-corrected chi connectivity index (χ0v) is 11.9. The fourth-order valence-electron chi connectivity index (χ4n) is 1.84. The molecule has 104 valence electrons. The van der Waals surface area contributed by atoms with Crippen molar-refractivity contribution in [3.63, 3.8) is 0 Å². The highest BCUT2D eigenvalue weighted by molar-refractivity contribution is 6.33. The lowest BCUT2D eigenvalue weighted by Crippen LogP contribution is -2.23. The van der Waals surface area contributed by atoms with Crippen LogP contribution in [0.5, 0.6) is 0 Å². The lowest BCUT2D eigenvalue weighted by molar-refractivity contribution is 0.131. The van der Waals surface area contributed by atoms with E-state index >= 15 is 0 Å². The fraction of sp³-hybridized carbons (Fsp3) is 0.500. The second kappa shape index (κ2) is 6.26. The van der Waals surface area contributed by atoms with Gasteiger partial charge in [-0.05, 0) is 37.0 Å². The number of likely N-dealkylation sites (N-methyl/N-ethyl adjacent to an activating group) is 1. The van der Waals surface area contributed by atoms with E-state index in [0.717, 1.165) is 24.8 Å². The number of hydrogen-bond donors (Lipinski definition) is 2. The van der Waals surface area contributed by atoms with Gasteiger partial charge in [-0.3, -0.25) is 5.41 Å². The lowest BCUT2D eigenvalue weighted by atomic mass is 10.2. The SMILES string of the molecule is CN(CCOCC1CC1)c1ccc(C(=N)N)cc1Cl. The first-order valence-electron chi connectivity index (χ1n) is 6.50. The van der Waals surface area contributed by atoms with Crippen molar-refractivity contribution < 1.29 is 4.74 Å². The van der Waals surface area contributed by atoms with E-state index in [4.69, 9.17) is 27.5 Å². The van der Waals surface area contributed by atoms with Crippen molar-refractivity contribution >= 4 is 23.1 Å². The summed E-state index contributed by atoms with van der Waals surface area (Å²) < 4.78 is 5.61. The van der Waals surface area contributed by atoms with E-state index in [-0.39, 0.29) is 5.84 Å². The number of nitrogens with one attached hydrogen (secondary N) is 1. The highest BCUT2D eigenvalue weighted by Crippen LogP contribution is 2.29. The van der Waals surface area contributed by atoms with Crippen molar-refractivity contribution in [2.24, 2.45) is 11.7 Å². The monoisotopic (exact) mass is 281 g/mol. The Bertz CT molecular complexity index is 460. The first kappa shape index (κ1) is 14.2. The Labute approximate surface area is 119 Å². The summed E-state index contributed by atoms with van der Waals surface area (Å²) in [7, 11) is 1.98. The standard InChI is InChI=1S/C14H20ClN3O/c1-18(6-7-19-9-10-2-3-10)13-5-4-11(14(16)17)8-12(13)15/h4-5,8,10H,2-3,6-7,9H2,1H3,(H3,16,17). The molecule has 1 fully saturated rings. The van der Waals surface area contributed by atoms with Crippen molar-refractivity contribution in [3.05, 3.63) is 28.8 Å². The molecule has 1 aliphatic rings. The molecule has 0 unspecified atom stereocenters.